The summed E-state index contributed by atoms with van der Waals surface area (Å²) < 4.78 is 28.0. The Morgan fingerprint density at radius 2 is 1.70 bits per heavy atom. The molecule has 30 heavy (non-hydrogen) atoms. The highest BCUT2D eigenvalue weighted by Gasteiger charge is 2.19. The molecule has 7 nitrogen and oxygen atoms in total. The van der Waals surface area contributed by atoms with Crippen molar-refractivity contribution in [3.63, 3.8) is 0 Å². The molecule has 1 amide bonds. The van der Waals surface area contributed by atoms with Crippen molar-refractivity contribution < 1.29 is 13.2 Å². The fourth-order valence-corrected chi connectivity index (χ4v) is 3.93. The van der Waals surface area contributed by atoms with Crippen molar-refractivity contribution >= 4 is 27.4 Å². The van der Waals surface area contributed by atoms with Gasteiger partial charge < -0.3 is 5.32 Å². The number of aryl methyl sites for hydroxylation is 1. The zero-order valence-corrected chi connectivity index (χ0v) is 18.5. The van der Waals surface area contributed by atoms with Crippen molar-refractivity contribution in [3.05, 3.63) is 70.9 Å². The average molecular weight is 427 g/mol. The highest BCUT2D eigenvalue weighted by molar-refractivity contribution is 7.92. The lowest BCUT2D eigenvalue weighted by molar-refractivity contribution is 0.102. The lowest BCUT2D eigenvalue weighted by Gasteiger charge is -2.14. The van der Waals surface area contributed by atoms with Crippen LogP contribution in [0.25, 0.3) is 0 Å². The van der Waals surface area contributed by atoms with Crippen molar-refractivity contribution in [2.24, 2.45) is 0 Å². The molecule has 0 unspecified atom stereocenters. The second-order valence-electron chi connectivity index (χ2n) is 8.25. The van der Waals surface area contributed by atoms with E-state index in [1.165, 1.54) is 24.3 Å². The Morgan fingerprint density at radius 1 is 1.03 bits per heavy atom. The summed E-state index contributed by atoms with van der Waals surface area (Å²) in [5.74, 6) is 0.0478. The van der Waals surface area contributed by atoms with Gasteiger partial charge in [-0.1, -0.05) is 32.9 Å². The van der Waals surface area contributed by atoms with Gasteiger partial charge in [0, 0.05) is 22.7 Å². The lowest BCUT2D eigenvalue weighted by Crippen LogP contribution is -2.15. The number of hydrogen-bond acceptors (Lipinski definition) is 4. The summed E-state index contributed by atoms with van der Waals surface area (Å²) >= 11 is 0. The Morgan fingerprint density at radius 3 is 2.30 bits per heavy atom. The minimum atomic E-state index is -3.77. The standard InChI is InChI=1S/C22H26N4O3S/c1-14-7-6-8-18(15(14)2)26-30(28,29)17-11-9-16(10-12-17)21(27)23-20-13-19(24-25-20)22(3,4)5/h6-13,26H,1-5H3,(H2,23,24,25,27). The molecule has 158 valence electrons. The van der Waals surface area contributed by atoms with E-state index in [1.807, 2.05) is 40.7 Å². The first-order valence-corrected chi connectivity index (χ1v) is 11.0. The Kier molecular flexibility index (Phi) is 5.72. The van der Waals surface area contributed by atoms with Crippen LogP contribution in [0.2, 0.25) is 0 Å². The zero-order chi connectivity index (χ0) is 22.1. The molecule has 3 N–H and O–H groups in total. The SMILES string of the molecule is Cc1cccc(NS(=O)(=O)c2ccc(C(=O)Nc3cc(C(C)(C)C)[nH]n3)cc2)c1C. The smallest absolute Gasteiger partial charge is 0.261 e. The maximum absolute atomic E-state index is 12.7. The normalized spacial score (nSPS) is 11.9. The van der Waals surface area contributed by atoms with E-state index in [9.17, 15) is 13.2 Å². The molecule has 0 saturated heterocycles. The fourth-order valence-electron chi connectivity index (χ4n) is 2.81. The van der Waals surface area contributed by atoms with E-state index in [1.54, 1.807) is 18.2 Å². The minimum Gasteiger partial charge on any atom is -0.305 e. The van der Waals surface area contributed by atoms with Crippen LogP contribution in [0.1, 0.15) is 48.0 Å². The first kappa shape index (κ1) is 21.6. The van der Waals surface area contributed by atoms with Crippen LogP contribution in [0.5, 0.6) is 0 Å². The van der Waals surface area contributed by atoms with Crippen LogP contribution in [0, 0.1) is 13.8 Å². The number of rotatable bonds is 5. The summed E-state index contributed by atoms with van der Waals surface area (Å²) in [7, 11) is -3.77. The number of nitrogens with one attached hydrogen (secondary N) is 3. The number of H-pyrrole nitrogens is 1. The van der Waals surface area contributed by atoms with E-state index in [2.05, 4.69) is 20.2 Å². The number of carbonyl (C=O) groups is 1. The number of nitrogens with zero attached hydrogens (tertiary/aromatic N) is 1. The molecule has 1 heterocycles. The molecule has 1 aromatic heterocycles. The van der Waals surface area contributed by atoms with Crippen LogP contribution >= 0.6 is 0 Å². The van der Waals surface area contributed by atoms with Crippen LogP contribution in [-0.2, 0) is 15.4 Å². The van der Waals surface area contributed by atoms with Gasteiger partial charge in [0.2, 0.25) is 0 Å². The van der Waals surface area contributed by atoms with E-state index in [-0.39, 0.29) is 16.2 Å². The monoisotopic (exact) mass is 426 g/mol. The quantitative estimate of drug-likeness (QED) is 0.563. The van der Waals surface area contributed by atoms with E-state index >= 15 is 0 Å². The lowest BCUT2D eigenvalue weighted by atomic mass is 9.92. The molecule has 0 saturated carbocycles. The Hall–Kier alpha value is -3.13. The topological polar surface area (TPSA) is 104 Å². The third kappa shape index (κ3) is 4.71. The van der Waals surface area contributed by atoms with Crippen LogP contribution in [0.15, 0.2) is 53.4 Å². The van der Waals surface area contributed by atoms with Gasteiger partial charge in [-0.2, -0.15) is 5.10 Å². The van der Waals surface area contributed by atoms with Gasteiger partial charge in [-0.3, -0.25) is 14.6 Å². The predicted octanol–water partition coefficient (Wildman–Crippen LogP) is 4.38. The first-order chi connectivity index (χ1) is 14.0. The Labute approximate surface area is 177 Å². The molecule has 8 heteroatoms. The third-order valence-electron chi connectivity index (χ3n) is 4.90. The largest absolute Gasteiger partial charge is 0.305 e. The van der Waals surface area contributed by atoms with E-state index in [0.29, 0.717) is 17.1 Å². The second kappa shape index (κ2) is 7.95. The van der Waals surface area contributed by atoms with Gasteiger partial charge in [0.1, 0.15) is 0 Å². The summed E-state index contributed by atoms with van der Waals surface area (Å²) in [6, 6.07) is 13.0. The molecule has 0 spiro atoms. The number of aromatic nitrogens is 2. The summed E-state index contributed by atoms with van der Waals surface area (Å²) in [6.07, 6.45) is 0. The van der Waals surface area contributed by atoms with Crippen molar-refractivity contribution in [1.29, 1.82) is 0 Å². The predicted molar refractivity (Wildman–Crippen MR) is 118 cm³/mol. The summed E-state index contributed by atoms with van der Waals surface area (Å²) in [5, 5.41) is 9.73. The number of hydrogen-bond donors (Lipinski definition) is 3. The highest BCUT2D eigenvalue weighted by Crippen LogP contribution is 2.24. The minimum absolute atomic E-state index is 0.0785. The van der Waals surface area contributed by atoms with Gasteiger partial charge in [0.15, 0.2) is 5.82 Å². The number of anilines is 2. The van der Waals surface area contributed by atoms with Gasteiger partial charge in [0.25, 0.3) is 15.9 Å². The number of benzene rings is 2. The van der Waals surface area contributed by atoms with Gasteiger partial charge >= 0.3 is 0 Å². The van der Waals surface area contributed by atoms with Crippen molar-refractivity contribution in [2.45, 2.75) is 44.9 Å². The molecule has 0 bridgehead atoms. The Bertz CT molecular complexity index is 1170. The summed E-state index contributed by atoms with van der Waals surface area (Å²) in [5.41, 5.74) is 3.51. The molecule has 2 aromatic carbocycles. The number of carbonyl (C=O) groups excluding carboxylic acids is 1. The van der Waals surface area contributed by atoms with Crippen LogP contribution < -0.4 is 10.0 Å². The van der Waals surface area contributed by atoms with Crippen LogP contribution in [0.3, 0.4) is 0 Å². The number of aromatic amines is 1. The first-order valence-electron chi connectivity index (χ1n) is 9.54. The highest BCUT2D eigenvalue weighted by atomic mass is 32.2. The van der Waals surface area contributed by atoms with Gasteiger partial charge in [0.05, 0.1) is 10.6 Å². The van der Waals surface area contributed by atoms with Gasteiger partial charge in [-0.25, -0.2) is 8.42 Å². The van der Waals surface area contributed by atoms with Crippen molar-refractivity contribution in [1.82, 2.24) is 10.2 Å². The molecule has 3 rings (SSSR count). The molecular formula is C22H26N4O3S. The molecule has 0 atom stereocenters. The molecule has 0 radical (unpaired) electrons. The maximum Gasteiger partial charge on any atom is 0.261 e. The van der Waals surface area contributed by atoms with E-state index in [4.69, 9.17) is 0 Å². The molecule has 3 aromatic rings. The second-order valence-corrected chi connectivity index (χ2v) is 9.93. The zero-order valence-electron chi connectivity index (χ0n) is 17.7. The molecule has 0 aliphatic rings. The van der Waals surface area contributed by atoms with E-state index in [0.717, 1.165) is 16.8 Å². The maximum atomic E-state index is 12.7. The van der Waals surface area contributed by atoms with Gasteiger partial charge in [-0.15, -0.1) is 0 Å². The van der Waals surface area contributed by atoms with Crippen molar-refractivity contribution in [3.8, 4) is 0 Å². The molecule has 0 aliphatic heterocycles. The Balaban J connectivity index is 1.74. The van der Waals surface area contributed by atoms with Crippen molar-refractivity contribution in [2.75, 3.05) is 10.0 Å². The molecule has 0 aliphatic carbocycles. The molecule has 0 fully saturated rings. The summed E-state index contributed by atoms with van der Waals surface area (Å²) in [6.45, 7) is 9.90. The summed E-state index contributed by atoms with van der Waals surface area (Å²) in [4.78, 5) is 12.6. The van der Waals surface area contributed by atoms with Gasteiger partial charge in [-0.05, 0) is 55.3 Å². The van der Waals surface area contributed by atoms with Crippen LogP contribution in [-0.4, -0.2) is 24.5 Å². The average Bonchev–Trinajstić information content (AvgIpc) is 3.14. The molecular weight excluding hydrogens is 400 g/mol. The number of amides is 1. The van der Waals surface area contributed by atoms with Crippen LogP contribution in [0.4, 0.5) is 11.5 Å². The number of sulfonamides is 1. The van der Waals surface area contributed by atoms with E-state index < -0.39 is 10.0 Å². The fraction of sp³-hybridized carbons (Fsp3) is 0.273. The third-order valence-corrected chi connectivity index (χ3v) is 6.28.